The van der Waals surface area contributed by atoms with E-state index in [-0.39, 0.29) is 31.5 Å². The molecule has 40 heavy (non-hydrogen) atoms. The molecule has 0 saturated carbocycles. The molecule has 0 amide bonds. The average Bonchev–Trinajstić information content (AvgIpc) is 2.84. The smallest absolute Gasteiger partial charge is 0.250 e. The minimum Gasteiger partial charge on any atom is -0.598 e. The molecule has 0 spiro atoms. The number of pyridine rings is 1. The minimum absolute atomic E-state index is 0.0207. The molecule has 0 aliphatic heterocycles. The summed E-state index contributed by atoms with van der Waals surface area (Å²) in [4.78, 5) is 12.3. The maximum atomic E-state index is 13.9. The molecular weight excluding hydrogens is 601 g/mol. The van der Waals surface area contributed by atoms with Gasteiger partial charge in [-0.15, -0.1) is 4.72 Å². The molecule has 2 unspecified atom stereocenters. The van der Waals surface area contributed by atoms with E-state index in [9.17, 15) is 30.6 Å². The number of benzene rings is 2. The van der Waals surface area contributed by atoms with Crippen molar-refractivity contribution in [2.45, 2.75) is 61.2 Å². The normalized spacial score (nSPS) is 14.8. The molecule has 0 fully saturated rings. The van der Waals surface area contributed by atoms with E-state index in [0.717, 1.165) is 24.3 Å². The highest BCUT2D eigenvalue weighted by Crippen LogP contribution is 2.40. The Kier molecular flexibility index (Phi) is 9.93. The second-order valence-electron chi connectivity index (χ2n) is 10.2. The second kappa shape index (κ2) is 12.3. The van der Waals surface area contributed by atoms with Crippen LogP contribution in [-0.4, -0.2) is 30.7 Å². The number of nitrogens with one attached hydrogen (secondary N) is 2. The van der Waals surface area contributed by atoms with Gasteiger partial charge in [-0.2, -0.15) is 0 Å². The highest BCUT2D eigenvalue weighted by atomic mass is 35.5. The number of aromatic nitrogens is 1. The fourth-order valence-electron chi connectivity index (χ4n) is 3.93. The Morgan fingerprint density at radius 1 is 1.02 bits per heavy atom. The number of thiol groups is 1. The van der Waals surface area contributed by atoms with Crippen LogP contribution in [0, 0.1) is 5.82 Å². The summed E-state index contributed by atoms with van der Waals surface area (Å²) in [6, 6.07) is 6.78. The summed E-state index contributed by atoms with van der Waals surface area (Å²) in [6.45, 7) is 8.58. The summed E-state index contributed by atoms with van der Waals surface area (Å²) in [6.07, 6.45) is 1.46. The topological polar surface area (TPSA) is 137 Å². The number of hydrogen-bond acceptors (Lipinski definition) is 7. The van der Waals surface area contributed by atoms with Gasteiger partial charge in [0.05, 0.1) is 15.8 Å². The Labute approximate surface area is 243 Å². The molecule has 0 aliphatic carbocycles. The second-order valence-corrected chi connectivity index (χ2v) is 15.3. The van der Waals surface area contributed by atoms with Crippen LogP contribution in [0.25, 0.3) is 11.1 Å². The average molecular weight is 632 g/mol. The van der Waals surface area contributed by atoms with E-state index in [2.05, 4.69) is 9.44 Å². The number of aryl methyl sites for hydroxylation is 1. The molecule has 0 radical (unpaired) electrons. The summed E-state index contributed by atoms with van der Waals surface area (Å²) < 4.78 is 82.9. The van der Waals surface area contributed by atoms with E-state index in [1.807, 2.05) is 0 Å². The van der Waals surface area contributed by atoms with Crippen LogP contribution in [0.5, 0.6) is 0 Å². The molecule has 14 heteroatoms. The van der Waals surface area contributed by atoms with Crippen molar-refractivity contribution in [1.29, 1.82) is 0 Å². The molecule has 1 aromatic heterocycles. The van der Waals surface area contributed by atoms with Crippen LogP contribution in [0.15, 0.2) is 63.2 Å². The first kappa shape index (κ1) is 32.3. The Balaban J connectivity index is 2.38. The van der Waals surface area contributed by atoms with Gasteiger partial charge in [0.1, 0.15) is 10.6 Å². The highest BCUT2D eigenvalue weighted by Gasteiger charge is 2.31. The zero-order chi connectivity index (χ0) is 30.2. The summed E-state index contributed by atoms with van der Waals surface area (Å²) in [5, 5.41) is -0.0207. The summed E-state index contributed by atoms with van der Waals surface area (Å²) in [7, 11) is -5.80. The highest BCUT2D eigenvalue weighted by molar-refractivity contribution is 7.91. The van der Waals surface area contributed by atoms with Crippen LogP contribution in [0.4, 0.5) is 4.39 Å². The Morgan fingerprint density at radius 3 is 2.17 bits per heavy atom. The minimum atomic E-state index is -4.29. The lowest BCUT2D eigenvalue weighted by Gasteiger charge is -2.28. The van der Waals surface area contributed by atoms with Gasteiger partial charge >= 0.3 is 0 Å². The molecule has 218 valence electrons. The molecule has 0 bridgehead atoms. The number of sulfone groups is 1. The fourth-order valence-corrected chi connectivity index (χ4v) is 7.06. The Morgan fingerprint density at radius 2 is 1.62 bits per heavy atom. The van der Waals surface area contributed by atoms with Gasteiger partial charge in [-0.3, -0.25) is 4.79 Å². The van der Waals surface area contributed by atoms with E-state index in [4.69, 9.17) is 11.6 Å². The third-order valence-corrected chi connectivity index (χ3v) is 10.5. The van der Waals surface area contributed by atoms with Crippen molar-refractivity contribution >= 4 is 43.7 Å². The van der Waals surface area contributed by atoms with Gasteiger partial charge in [0, 0.05) is 52.9 Å². The molecule has 2 N–H and O–H groups in total. The molecule has 0 aliphatic rings. The third kappa shape index (κ3) is 7.14. The summed E-state index contributed by atoms with van der Waals surface area (Å²) >= 11 is 4.96. The van der Waals surface area contributed by atoms with Crippen molar-refractivity contribution in [3.05, 3.63) is 81.0 Å². The molecular formula is C26H31ClFN3O6S3. The number of hydrogen-bond donors (Lipinski definition) is 3. The number of halogens is 2. The van der Waals surface area contributed by atoms with Crippen molar-refractivity contribution < 1.29 is 25.8 Å². The number of rotatable bonds is 9. The molecule has 2 aromatic carbocycles. The monoisotopic (exact) mass is 631 g/mol. The number of nitrogens with zero attached hydrogens (tertiary/aromatic N) is 1. The Hall–Kier alpha value is -2.26. The van der Waals surface area contributed by atoms with E-state index < -0.39 is 54.7 Å². The molecule has 3 aromatic rings. The lowest BCUT2D eigenvalue weighted by atomic mass is 9.95. The summed E-state index contributed by atoms with van der Waals surface area (Å²) in [5.74, 6) is -0.619. The van der Waals surface area contributed by atoms with Gasteiger partial charge in [-0.05, 0) is 82.1 Å². The van der Waals surface area contributed by atoms with Crippen LogP contribution in [0.1, 0.15) is 57.8 Å². The molecule has 1 heterocycles. The van der Waals surface area contributed by atoms with Crippen LogP contribution >= 0.6 is 11.6 Å². The van der Waals surface area contributed by atoms with E-state index >= 15 is 0 Å². The van der Waals surface area contributed by atoms with Crippen molar-refractivity contribution in [2.24, 2.45) is 7.05 Å². The van der Waals surface area contributed by atoms with Crippen LogP contribution in [0.3, 0.4) is 0 Å². The van der Waals surface area contributed by atoms with Gasteiger partial charge in [0.2, 0.25) is 20.7 Å². The van der Waals surface area contributed by atoms with Crippen LogP contribution in [0.2, 0.25) is 5.02 Å². The first-order valence-corrected chi connectivity index (χ1v) is 16.3. The summed E-state index contributed by atoms with van der Waals surface area (Å²) in [5.41, 5.74) is 0.696. The standard InChI is InChI=1S/C26H31ClFN3O6S3/c1-15(29-38(33)26(3,4)5)19-12-25(32)31(6)14-22(19)21-11-20(16(2)30-39(34)35)23(27)13-24(21)40(36,37)18-9-7-17(28)8-10-18/h7-16,29,39H,1-6H3,(H,30,34,35)/t15-,16?,38?/m0/s1. The lowest BCUT2D eigenvalue weighted by molar-refractivity contribution is 0.531. The van der Waals surface area contributed by atoms with Gasteiger partial charge < -0.3 is 9.12 Å². The maximum Gasteiger partial charge on any atom is 0.250 e. The van der Waals surface area contributed by atoms with Crippen LogP contribution in [-0.2, 0) is 39.1 Å². The van der Waals surface area contributed by atoms with Gasteiger partial charge in [0.25, 0.3) is 5.56 Å². The molecule has 9 nitrogen and oxygen atoms in total. The van der Waals surface area contributed by atoms with E-state index in [1.165, 1.54) is 36.0 Å². The zero-order valence-electron chi connectivity index (χ0n) is 22.7. The quantitative estimate of drug-likeness (QED) is 0.185. The van der Waals surface area contributed by atoms with Crippen molar-refractivity contribution in [3.63, 3.8) is 0 Å². The molecule has 0 saturated heterocycles. The van der Waals surface area contributed by atoms with Gasteiger partial charge in [-0.1, -0.05) is 11.6 Å². The lowest BCUT2D eigenvalue weighted by Crippen LogP contribution is -2.41. The van der Waals surface area contributed by atoms with Crippen molar-refractivity contribution in [2.75, 3.05) is 0 Å². The zero-order valence-corrected chi connectivity index (χ0v) is 26.0. The van der Waals surface area contributed by atoms with E-state index in [0.29, 0.717) is 11.1 Å². The van der Waals surface area contributed by atoms with Gasteiger partial charge in [0.15, 0.2) is 0 Å². The maximum absolute atomic E-state index is 13.9. The molecule has 3 rings (SSSR count). The predicted octanol–water partition coefficient (Wildman–Crippen LogP) is 3.97. The van der Waals surface area contributed by atoms with Crippen LogP contribution < -0.4 is 15.0 Å². The Bertz CT molecular complexity index is 1640. The van der Waals surface area contributed by atoms with E-state index in [1.54, 1.807) is 34.6 Å². The fraction of sp³-hybridized carbons (Fsp3) is 0.346. The SMILES string of the molecule is CC(N[SH](=O)=O)c1cc(-c2cn(C)c(=O)cc2[C@H](C)N[S+]([O-])C(C)(C)C)c(S(=O)(=O)c2ccc(F)cc2)cc1Cl. The third-order valence-electron chi connectivity index (χ3n) is 6.13. The first-order valence-electron chi connectivity index (χ1n) is 12.1. The predicted molar refractivity (Wildman–Crippen MR) is 155 cm³/mol. The van der Waals surface area contributed by atoms with Crippen molar-refractivity contribution in [1.82, 2.24) is 14.0 Å². The largest absolute Gasteiger partial charge is 0.598 e. The molecule has 3 atom stereocenters. The first-order chi connectivity index (χ1) is 18.4. The van der Waals surface area contributed by atoms with Crippen molar-refractivity contribution in [3.8, 4) is 11.1 Å². The van der Waals surface area contributed by atoms with Gasteiger partial charge in [-0.25, -0.2) is 25.9 Å².